The number of hydrogen-bond acceptors (Lipinski definition) is 5. The van der Waals surface area contributed by atoms with E-state index in [4.69, 9.17) is 4.74 Å². The second-order valence-electron chi connectivity index (χ2n) is 5.68. The third-order valence-electron chi connectivity index (χ3n) is 4.26. The maximum absolute atomic E-state index is 12.3. The highest BCUT2D eigenvalue weighted by Crippen LogP contribution is 2.08. The van der Waals surface area contributed by atoms with Gasteiger partial charge in [-0.2, -0.15) is 0 Å². The van der Waals surface area contributed by atoms with Crippen molar-refractivity contribution < 1.29 is 23.9 Å². The molecular weight excluding hydrogens is 316 g/mol. The van der Waals surface area contributed by atoms with Gasteiger partial charge in [-0.25, -0.2) is 4.79 Å². The van der Waals surface area contributed by atoms with Crippen LogP contribution in [0.4, 0.5) is 4.79 Å². The molecule has 2 saturated heterocycles. The Morgan fingerprint density at radius 2 is 1.42 bits per heavy atom. The Morgan fingerprint density at radius 1 is 0.875 bits per heavy atom. The zero-order chi connectivity index (χ0) is 17.7. The molecule has 4 amide bonds. The van der Waals surface area contributed by atoms with E-state index in [1.165, 1.54) is 9.80 Å². The van der Waals surface area contributed by atoms with Crippen LogP contribution in [0.25, 0.3) is 0 Å². The van der Waals surface area contributed by atoms with Crippen LogP contribution in [0.1, 0.15) is 13.8 Å². The van der Waals surface area contributed by atoms with Crippen molar-refractivity contribution in [3.05, 3.63) is 0 Å². The van der Waals surface area contributed by atoms with Gasteiger partial charge in [0.2, 0.25) is 5.91 Å². The van der Waals surface area contributed by atoms with Gasteiger partial charge in [0, 0.05) is 45.8 Å². The number of carbonyl (C=O) groups is 4. The highest BCUT2D eigenvalue weighted by Gasteiger charge is 2.34. The normalized spacial score (nSPS) is 18.9. The van der Waals surface area contributed by atoms with Crippen LogP contribution in [-0.4, -0.2) is 102 Å². The summed E-state index contributed by atoms with van der Waals surface area (Å²) in [5, 5.41) is 0. The highest BCUT2D eigenvalue weighted by molar-refractivity contribution is 6.35. The third-order valence-corrected chi connectivity index (χ3v) is 4.26. The van der Waals surface area contributed by atoms with E-state index < -0.39 is 11.8 Å². The number of amides is 4. The summed E-state index contributed by atoms with van der Waals surface area (Å²) in [7, 11) is 0. The molecule has 0 radical (unpaired) electrons. The molecule has 9 heteroatoms. The lowest BCUT2D eigenvalue weighted by Gasteiger charge is -2.37. The highest BCUT2D eigenvalue weighted by atomic mass is 16.6. The van der Waals surface area contributed by atoms with Crippen molar-refractivity contribution in [3.63, 3.8) is 0 Å². The molecule has 0 aromatic heterocycles. The molecule has 0 N–H and O–H groups in total. The Morgan fingerprint density at radius 3 is 2.00 bits per heavy atom. The summed E-state index contributed by atoms with van der Waals surface area (Å²) in [5.74, 6) is -1.38. The Kier molecular flexibility index (Phi) is 5.99. The van der Waals surface area contributed by atoms with Crippen LogP contribution in [0.5, 0.6) is 0 Å². The van der Waals surface area contributed by atoms with Crippen molar-refractivity contribution in [3.8, 4) is 0 Å². The van der Waals surface area contributed by atoms with Gasteiger partial charge in [-0.1, -0.05) is 0 Å². The van der Waals surface area contributed by atoms with Crippen molar-refractivity contribution >= 4 is 23.8 Å². The second-order valence-corrected chi connectivity index (χ2v) is 5.68. The van der Waals surface area contributed by atoms with E-state index in [1.807, 2.05) is 6.92 Å². The molecule has 0 unspecified atom stereocenters. The molecule has 0 aromatic rings. The summed E-state index contributed by atoms with van der Waals surface area (Å²) in [6.45, 7) is 6.69. The van der Waals surface area contributed by atoms with Crippen molar-refractivity contribution in [2.45, 2.75) is 13.8 Å². The number of likely N-dealkylation sites (N-methyl/N-ethyl adjacent to an activating group) is 1. The van der Waals surface area contributed by atoms with E-state index >= 15 is 0 Å². The minimum atomic E-state index is -0.624. The van der Waals surface area contributed by atoms with Gasteiger partial charge in [0.1, 0.15) is 6.54 Å². The van der Waals surface area contributed by atoms with Crippen molar-refractivity contribution in [2.24, 2.45) is 0 Å². The molecule has 0 aromatic carbocycles. The lowest BCUT2D eigenvalue weighted by molar-refractivity contribution is -0.157. The molecule has 2 aliphatic rings. The summed E-state index contributed by atoms with van der Waals surface area (Å²) in [6.07, 6.45) is -0.374. The van der Waals surface area contributed by atoms with Crippen LogP contribution >= 0.6 is 0 Å². The number of nitrogens with zero attached hydrogens (tertiary/aromatic N) is 4. The topological polar surface area (TPSA) is 90.5 Å². The zero-order valence-electron chi connectivity index (χ0n) is 14.2. The molecule has 0 bridgehead atoms. The van der Waals surface area contributed by atoms with Crippen LogP contribution in [0.3, 0.4) is 0 Å². The van der Waals surface area contributed by atoms with Gasteiger partial charge in [0.05, 0.1) is 6.61 Å². The Balaban J connectivity index is 1.83. The Labute approximate surface area is 141 Å². The molecule has 2 aliphatic heterocycles. The first-order valence-corrected chi connectivity index (χ1v) is 8.25. The first-order chi connectivity index (χ1) is 11.5. The smallest absolute Gasteiger partial charge is 0.409 e. The predicted octanol–water partition coefficient (Wildman–Crippen LogP) is -1.02. The first kappa shape index (κ1) is 18.0. The molecule has 9 nitrogen and oxygen atoms in total. The van der Waals surface area contributed by atoms with Crippen molar-refractivity contribution in [2.75, 3.05) is 59.0 Å². The summed E-state index contributed by atoms with van der Waals surface area (Å²) in [5.41, 5.74) is 0. The molecule has 2 heterocycles. The summed E-state index contributed by atoms with van der Waals surface area (Å²) in [6, 6.07) is 0. The van der Waals surface area contributed by atoms with E-state index in [9.17, 15) is 19.2 Å². The van der Waals surface area contributed by atoms with Crippen LogP contribution in [0.15, 0.2) is 0 Å². The summed E-state index contributed by atoms with van der Waals surface area (Å²) in [4.78, 5) is 53.8. The van der Waals surface area contributed by atoms with Crippen molar-refractivity contribution in [1.29, 1.82) is 0 Å². The number of carbonyl (C=O) groups excluding carboxylic acids is 4. The summed E-state index contributed by atoms with van der Waals surface area (Å²) >= 11 is 0. The fraction of sp³-hybridized carbons (Fsp3) is 0.733. The zero-order valence-corrected chi connectivity index (χ0v) is 14.2. The van der Waals surface area contributed by atoms with Crippen molar-refractivity contribution in [1.82, 2.24) is 19.6 Å². The number of ether oxygens (including phenoxy) is 1. The Bertz CT molecular complexity index is 516. The molecule has 0 spiro atoms. The first-order valence-electron chi connectivity index (χ1n) is 8.25. The van der Waals surface area contributed by atoms with E-state index in [0.29, 0.717) is 52.4 Å². The average molecular weight is 340 g/mol. The molecule has 2 rings (SSSR count). The monoisotopic (exact) mass is 340 g/mol. The van der Waals surface area contributed by atoms with Gasteiger partial charge in [-0.3, -0.25) is 14.4 Å². The molecule has 134 valence electrons. The van der Waals surface area contributed by atoms with E-state index in [-0.39, 0.29) is 18.5 Å². The fourth-order valence-corrected chi connectivity index (χ4v) is 2.78. The van der Waals surface area contributed by atoms with E-state index in [1.54, 1.807) is 16.7 Å². The largest absolute Gasteiger partial charge is 0.450 e. The predicted molar refractivity (Wildman–Crippen MR) is 84.0 cm³/mol. The molecule has 0 atom stereocenters. The van der Waals surface area contributed by atoms with Crippen LogP contribution < -0.4 is 0 Å². The van der Waals surface area contributed by atoms with E-state index in [2.05, 4.69) is 0 Å². The maximum atomic E-state index is 12.3. The lowest BCUT2D eigenvalue weighted by Crippen LogP contribution is -2.58. The van der Waals surface area contributed by atoms with Gasteiger partial charge >= 0.3 is 17.9 Å². The van der Waals surface area contributed by atoms with Crippen LogP contribution in [0.2, 0.25) is 0 Å². The quantitative estimate of drug-likeness (QED) is 0.611. The van der Waals surface area contributed by atoms with Gasteiger partial charge < -0.3 is 24.3 Å². The molecule has 0 aliphatic carbocycles. The summed E-state index contributed by atoms with van der Waals surface area (Å²) < 4.78 is 4.93. The maximum Gasteiger partial charge on any atom is 0.409 e. The van der Waals surface area contributed by atoms with E-state index in [0.717, 1.165) is 0 Å². The SMILES string of the molecule is CCOC(=O)N1CCN(C(=O)CN2CCN(CC)C(=O)C2=O)CC1. The number of hydrogen-bond donors (Lipinski definition) is 0. The van der Waals surface area contributed by atoms with Gasteiger partial charge in [-0.15, -0.1) is 0 Å². The van der Waals surface area contributed by atoms with Gasteiger partial charge in [-0.05, 0) is 13.8 Å². The molecule has 0 saturated carbocycles. The Hall–Kier alpha value is -2.32. The standard InChI is InChI=1S/C15H24N4O5/c1-3-16-5-10-19(14(22)13(16)21)11-12(20)17-6-8-18(9-7-17)15(23)24-4-2/h3-11H2,1-2H3. The van der Waals surface area contributed by atoms with Gasteiger partial charge in [0.25, 0.3) is 0 Å². The molecule has 24 heavy (non-hydrogen) atoms. The van der Waals surface area contributed by atoms with Crippen LogP contribution in [-0.2, 0) is 19.1 Å². The lowest BCUT2D eigenvalue weighted by atomic mass is 10.2. The van der Waals surface area contributed by atoms with Crippen LogP contribution in [0, 0.1) is 0 Å². The third kappa shape index (κ3) is 3.95. The molecule has 2 fully saturated rings. The number of piperazine rings is 2. The average Bonchev–Trinajstić information content (AvgIpc) is 2.59. The minimum Gasteiger partial charge on any atom is -0.450 e. The number of rotatable bonds is 4. The minimum absolute atomic E-state index is 0.0957. The molecular formula is C15H24N4O5. The fourth-order valence-electron chi connectivity index (χ4n) is 2.78. The van der Waals surface area contributed by atoms with Gasteiger partial charge in [0.15, 0.2) is 0 Å². The second kappa shape index (κ2) is 7.98.